The molecule has 1 aromatic heterocycles. The van der Waals surface area contributed by atoms with E-state index in [-0.39, 0.29) is 11.5 Å². The molecule has 164 valence electrons. The highest BCUT2D eigenvalue weighted by Crippen LogP contribution is 2.35. The summed E-state index contributed by atoms with van der Waals surface area (Å²) in [5, 5.41) is 1.21. The van der Waals surface area contributed by atoms with E-state index in [1.165, 1.54) is 0 Å². The van der Waals surface area contributed by atoms with Crippen LogP contribution in [0, 0.1) is 5.92 Å². The van der Waals surface area contributed by atoms with Crippen LogP contribution in [0.25, 0.3) is 21.9 Å². The van der Waals surface area contributed by atoms with Crippen LogP contribution >= 0.6 is 0 Å². The average Bonchev–Trinajstić information content (AvgIpc) is 2.68. The molecule has 0 bridgehead atoms. The molecule has 1 atom stereocenters. The Kier molecular flexibility index (Phi) is 6.23. The Morgan fingerprint density at radius 3 is 2.29 bits per heavy atom. The number of esters is 1. The minimum atomic E-state index is -1.13. The molecule has 0 saturated carbocycles. The lowest BCUT2D eigenvalue weighted by atomic mass is 9.93. The van der Waals surface area contributed by atoms with E-state index >= 15 is 0 Å². The van der Waals surface area contributed by atoms with Crippen molar-refractivity contribution in [3.05, 3.63) is 64.6 Å². The lowest BCUT2D eigenvalue weighted by Gasteiger charge is -2.27. The Morgan fingerprint density at radius 2 is 1.71 bits per heavy atom. The number of rotatable bonds is 5. The van der Waals surface area contributed by atoms with Gasteiger partial charge < -0.3 is 20.8 Å². The van der Waals surface area contributed by atoms with Gasteiger partial charge in [-0.15, -0.1) is 0 Å². The molecule has 0 saturated heterocycles. The summed E-state index contributed by atoms with van der Waals surface area (Å²) in [5.74, 6) is -0.415. The van der Waals surface area contributed by atoms with Gasteiger partial charge >= 0.3 is 5.97 Å². The molecule has 0 aliphatic rings. The first-order valence-corrected chi connectivity index (χ1v) is 10.5. The van der Waals surface area contributed by atoms with Crippen LogP contribution in [0.4, 0.5) is 5.69 Å². The molecule has 1 heterocycles. The maximum Gasteiger partial charge on any atom is 0.329 e. The van der Waals surface area contributed by atoms with Crippen LogP contribution in [0.15, 0.2) is 53.3 Å². The average molecular weight is 422 g/mol. The van der Waals surface area contributed by atoms with Crippen LogP contribution in [0.2, 0.25) is 0 Å². The van der Waals surface area contributed by atoms with E-state index in [1.807, 2.05) is 44.2 Å². The number of anilines is 1. The van der Waals surface area contributed by atoms with Crippen LogP contribution in [-0.4, -0.2) is 16.1 Å². The lowest BCUT2D eigenvalue weighted by Crippen LogP contribution is -2.37. The Labute approximate surface area is 182 Å². The predicted molar refractivity (Wildman–Crippen MR) is 126 cm³/mol. The Morgan fingerprint density at radius 1 is 1.06 bits per heavy atom. The van der Waals surface area contributed by atoms with Crippen molar-refractivity contribution in [3.63, 3.8) is 0 Å². The molecule has 0 amide bonds. The number of ether oxygens (including phenoxy) is 1. The lowest BCUT2D eigenvalue weighted by molar-refractivity contribution is -0.156. The van der Waals surface area contributed by atoms with Crippen molar-refractivity contribution < 1.29 is 9.53 Å². The minimum absolute atomic E-state index is 0.164. The maximum absolute atomic E-state index is 13.5. The topological polar surface area (TPSA) is 100 Å². The molecule has 31 heavy (non-hydrogen) atoms. The Hall–Kier alpha value is -3.12. The van der Waals surface area contributed by atoms with Crippen molar-refractivity contribution >= 4 is 22.4 Å². The standard InChI is InChI=1S/C25H31N3O3/c1-15(2)14-28-22(21(27)24(30)31-25(3,4)5)20(16-9-7-6-8-10-16)19-13-17(26)11-12-18(19)23(28)29/h6-13,15,21H,14,26-27H2,1-5H3. The number of fused-ring (bicyclic) bond motifs is 1. The number of hydrogen-bond donors (Lipinski definition) is 2. The fraction of sp³-hybridized carbons (Fsp3) is 0.360. The molecule has 0 spiro atoms. The molecule has 3 aromatic rings. The number of benzene rings is 2. The van der Waals surface area contributed by atoms with Crippen LogP contribution < -0.4 is 17.0 Å². The number of hydrogen-bond acceptors (Lipinski definition) is 5. The largest absolute Gasteiger partial charge is 0.459 e. The summed E-state index contributed by atoms with van der Waals surface area (Å²) in [6, 6.07) is 13.7. The third-order valence-electron chi connectivity index (χ3n) is 4.90. The predicted octanol–water partition coefficient (Wildman–Crippen LogP) is 4.25. The van der Waals surface area contributed by atoms with E-state index in [2.05, 4.69) is 0 Å². The first-order chi connectivity index (χ1) is 14.5. The summed E-state index contributed by atoms with van der Waals surface area (Å²) in [6.07, 6.45) is 0. The molecule has 2 aromatic carbocycles. The van der Waals surface area contributed by atoms with Gasteiger partial charge in [0.15, 0.2) is 0 Å². The molecule has 0 aliphatic heterocycles. The molecule has 4 N–H and O–H groups in total. The molecular formula is C25H31N3O3. The van der Waals surface area contributed by atoms with Crippen LogP contribution in [0.1, 0.15) is 46.4 Å². The molecular weight excluding hydrogens is 390 g/mol. The van der Waals surface area contributed by atoms with Crippen molar-refractivity contribution in [2.24, 2.45) is 11.7 Å². The second-order valence-corrected chi connectivity index (χ2v) is 9.25. The van der Waals surface area contributed by atoms with Gasteiger partial charge in [-0.2, -0.15) is 0 Å². The summed E-state index contributed by atoms with van der Waals surface area (Å²) in [6.45, 7) is 9.83. The smallest absolute Gasteiger partial charge is 0.329 e. The number of nitrogens with two attached hydrogens (primary N) is 2. The highest BCUT2D eigenvalue weighted by molar-refractivity contribution is 6.00. The molecule has 0 aliphatic carbocycles. The fourth-order valence-electron chi connectivity index (χ4n) is 3.74. The van der Waals surface area contributed by atoms with E-state index in [0.29, 0.717) is 28.7 Å². The summed E-state index contributed by atoms with van der Waals surface area (Å²) in [4.78, 5) is 26.5. The van der Waals surface area contributed by atoms with Gasteiger partial charge in [0.05, 0.1) is 5.69 Å². The molecule has 6 nitrogen and oxygen atoms in total. The number of pyridine rings is 1. The summed E-state index contributed by atoms with van der Waals surface area (Å²) < 4.78 is 7.20. The van der Waals surface area contributed by atoms with Gasteiger partial charge in [0, 0.05) is 23.2 Å². The summed E-state index contributed by atoms with van der Waals surface area (Å²) in [5.41, 5.74) is 14.2. The van der Waals surface area contributed by atoms with Crippen molar-refractivity contribution in [3.8, 4) is 11.1 Å². The first kappa shape index (κ1) is 22.6. The van der Waals surface area contributed by atoms with Crippen LogP contribution in [-0.2, 0) is 16.1 Å². The third kappa shape index (κ3) is 4.80. The molecule has 1 unspecified atom stereocenters. The normalized spacial score (nSPS) is 12.9. The number of nitrogen functional groups attached to an aromatic ring is 1. The van der Waals surface area contributed by atoms with Gasteiger partial charge in [-0.3, -0.25) is 4.79 Å². The van der Waals surface area contributed by atoms with Gasteiger partial charge in [-0.05, 0) is 55.8 Å². The highest BCUT2D eigenvalue weighted by Gasteiger charge is 2.30. The molecule has 3 rings (SSSR count). The SMILES string of the molecule is CC(C)Cn1c(C(N)C(=O)OC(C)(C)C)c(-c2ccccc2)c2cc(N)ccc2c1=O. The molecule has 0 radical (unpaired) electrons. The first-order valence-electron chi connectivity index (χ1n) is 10.5. The van der Waals surface area contributed by atoms with Gasteiger partial charge in [0.1, 0.15) is 11.6 Å². The molecule has 6 heteroatoms. The maximum atomic E-state index is 13.5. The van der Waals surface area contributed by atoms with Crippen LogP contribution in [0.5, 0.6) is 0 Å². The fourth-order valence-corrected chi connectivity index (χ4v) is 3.74. The van der Waals surface area contributed by atoms with Gasteiger partial charge in [-0.25, -0.2) is 4.79 Å². The minimum Gasteiger partial charge on any atom is -0.459 e. The van der Waals surface area contributed by atoms with E-state index in [4.69, 9.17) is 16.2 Å². The summed E-state index contributed by atoms with van der Waals surface area (Å²) >= 11 is 0. The van der Waals surface area contributed by atoms with E-state index in [0.717, 1.165) is 11.1 Å². The van der Waals surface area contributed by atoms with Gasteiger partial charge in [0.2, 0.25) is 0 Å². The number of carbonyl (C=O) groups excluding carboxylic acids is 1. The monoisotopic (exact) mass is 421 g/mol. The third-order valence-corrected chi connectivity index (χ3v) is 4.90. The Balaban J connectivity index is 2.44. The van der Waals surface area contributed by atoms with Crippen molar-refractivity contribution in [2.45, 2.75) is 52.8 Å². The number of carbonyl (C=O) groups is 1. The van der Waals surface area contributed by atoms with E-state index < -0.39 is 17.6 Å². The van der Waals surface area contributed by atoms with Crippen LogP contribution in [0.3, 0.4) is 0 Å². The zero-order chi connectivity index (χ0) is 22.9. The van der Waals surface area contributed by atoms with E-state index in [1.54, 1.807) is 43.5 Å². The van der Waals surface area contributed by atoms with Gasteiger partial charge in [0.25, 0.3) is 5.56 Å². The van der Waals surface area contributed by atoms with E-state index in [9.17, 15) is 9.59 Å². The van der Waals surface area contributed by atoms with Gasteiger partial charge in [-0.1, -0.05) is 44.2 Å². The quantitative estimate of drug-likeness (QED) is 0.474. The zero-order valence-electron chi connectivity index (χ0n) is 18.8. The van der Waals surface area contributed by atoms with Crippen molar-refractivity contribution in [1.29, 1.82) is 0 Å². The van der Waals surface area contributed by atoms with Crippen molar-refractivity contribution in [2.75, 3.05) is 5.73 Å². The highest BCUT2D eigenvalue weighted by atomic mass is 16.6. The Bertz CT molecular complexity index is 1160. The second-order valence-electron chi connectivity index (χ2n) is 9.25. The zero-order valence-corrected chi connectivity index (χ0v) is 18.8. The number of aromatic nitrogens is 1. The molecule has 0 fully saturated rings. The van der Waals surface area contributed by atoms with Crippen molar-refractivity contribution in [1.82, 2.24) is 4.57 Å². The summed E-state index contributed by atoms with van der Waals surface area (Å²) in [7, 11) is 0. The second kappa shape index (κ2) is 8.55. The number of nitrogens with zero attached hydrogens (tertiary/aromatic N) is 1.